The third-order valence-electron chi connectivity index (χ3n) is 5.04. The summed E-state index contributed by atoms with van der Waals surface area (Å²) in [6.45, 7) is 3.61. The Hall–Kier alpha value is -2.18. The van der Waals surface area contributed by atoms with Crippen molar-refractivity contribution in [1.29, 1.82) is 0 Å². The van der Waals surface area contributed by atoms with Crippen LogP contribution in [-0.4, -0.2) is 15.5 Å². The lowest BCUT2D eigenvalue weighted by atomic mass is 9.97. The minimum atomic E-state index is -0.268. The fraction of sp³-hybridized carbons (Fsp3) is 0.350. The molecule has 0 saturated heterocycles. The van der Waals surface area contributed by atoms with Crippen LogP contribution in [0.2, 0.25) is 5.02 Å². The highest BCUT2D eigenvalue weighted by Gasteiger charge is 2.22. The number of anilines is 1. The summed E-state index contributed by atoms with van der Waals surface area (Å²) in [5.41, 5.74) is 2.59. The average molecular weight is 402 g/mol. The molecule has 1 amide bonds. The summed E-state index contributed by atoms with van der Waals surface area (Å²) in [6.07, 6.45) is 4.20. The number of nitrogens with one attached hydrogen (secondary N) is 1. The van der Waals surface area contributed by atoms with Gasteiger partial charge >= 0.3 is 0 Å². The fourth-order valence-corrected chi connectivity index (χ4v) is 5.06. The molecule has 0 unspecified atom stereocenters. The van der Waals surface area contributed by atoms with E-state index in [0.717, 1.165) is 41.6 Å². The topological polar surface area (TPSA) is 64.0 Å². The van der Waals surface area contributed by atoms with Crippen LogP contribution in [0.4, 0.5) is 5.69 Å². The van der Waals surface area contributed by atoms with Gasteiger partial charge in [0.2, 0.25) is 5.91 Å². The molecule has 4 rings (SSSR count). The van der Waals surface area contributed by atoms with Crippen LogP contribution in [0, 0.1) is 13.8 Å². The molecule has 1 aliphatic rings. The second kappa shape index (κ2) is 7.09. The van der Waals surface area contributed by atoms with Gasteiger partial charge in [0.05, 0.1) is 5.39 Å². The zero-order valence-corrected chi connectivity index (χ0v) is 16.8. The van der Waals surface area contributed by atoms with Gasteiger partial charge in [0.1, 0.15) is 17.2 Å². The Bertz CT molecular complexity index is 1120. The molecule has 2 heterocycles. The van der Waals surface area contributed by atoms with Crippen molar-refractivity contribution in [2.45, 2.75) is 46.1 Å². The molecular weight excluding hydrogens is 382 g/mol. The average Bonchev–Trinajstić information content (AvgIpc) is 3.00. The van der Waals surface area contributed by atoms with Crippen molar-refractivity contribution in [1.82, 2.24) is 9.55 Å². The maximum atomic E-state index is 13.1. The largest absolute Gasteiger partial charge is 0.324 e. The number of aryl methyl sites for hydroxylation is 4. The van der Waals surface area contributed by atoms with E-state index >= 15 is 0 Å². The first-order chi connectivity index (χ1) is 12.9. The van der Waals surface area contributed by atoms with Crippen LogP contribution in [0.15, 0.2) is 23.0 Å². The van der Waals surface area contributed by atoms with Crippen LogP contribution in [0.25, 0.3) is 10.2 Å². The van der Waals surface area contributed by atoms with Gasteiger partial charge < -0.3 is 5.32 Å². The standard InChI is InChI=1S/C20H20ClN3O2S/c1-11-7-8-13(21)9-15(11)23-17(25)10-24-12(2)22-19-18(20(24)26)14-5-3-4-6-16(14)27-19/h7-9H,3-6,10H2,1-2H3,(H,23,25). The van der Waals surface area contributed by atoms with Crippen LogP contribution in [-0.2, 0) is 24.2 Å². The highest BCUT2D eigenvalue weighted by atomic mass is 35.5. The van der Waals surface area contributed by atoms with Gasteiger partial charge in [-0.3, -0.25) is 14.2 Å². The van der Waals surface area contributed by atoms with E-state index in [2.05, 4.69) is 10.3 Å². The third-order valence-corrected chi connectivity index (χ3v) is 6.46. The first-order valence-electron chi connectivity index (χ1n) is 9.01. The molecule has 0 fully saturated rings. The Kier molecular flexibility index (Phi) is 4.78. The van der Waals surface area contributed by atoms with Crippen LogP contribution in [0.5, 0.6) is 0 Å². The predicted molar refractivity (Wildman–Crippen MR) is 110 cm³/mol. The molecule has 1 N–H and O–H groups in total. The lowest BCUT2D eigenvalue weighted by Gasteiger charge is -2.13. The van der Waals surface area contributed by atoms with E-state index < -0.39 is 0 Å². The van der Waals surface area contributed by atoms with Crippen molar-refractivity contribution in [2.75, 3.05) is 5.32 Å². The van der Waals surface area contributed by atoms with E-state index in [1.165, 1.54) is 9.44 Å². The molecule has 0 atom stereocenters. The molecule has 7 heteroatoms. The monoisotopic (exact) mass is 401 g/mol. The number of hydrogen-bond acceptors (Lipinski definition) is 4. The first-order valence-corrected chi connectivity index (χ1v) is 10.2. The molecule has 0 bridgehead atoms. The molecule has 5 nitrogen and oxygen atoms in total. The fourth-order valence-electron chi connectivity index (χ4n) is 3.59. The summed E-state index contributed by atoms with van der Waals surface area (Å²) in [5, 5.41) is 4.10. The van der Waals surface area contributed by atoms with E-state index in [0.29, 0.717) is 21.9 Å². The quantitative estimate of drug-likeness (QED) is 0.713. The van der Waals surface area contributed by atoms with Gasteiger partial charge in [-0.1, -0.05) is 17.7 Å². The molecule has 0 spiro atoms. The van der Waals surface area contributed by atoms with Gasteiger partial charge in [0, 0.05) is 15.6 Å². The number of rotatable bonds is 3. The second-order valence-corrected chi connectivity index (χ2v) is 8.47. The number of aromatic nitrogens is 2. The van der Waals surface area contributed by atoms with Gasteiger partial charge in [0.15, 0.2) is 0 Å². The third kappa shape index (κ3) is 3.39. The van der Waals surface area contributed by atoms with Crippen LogP contribution in [0.1, 0.15) is 34.7 Å². The summed E-state index contributed by atoms with van der Waals surface area (Å²) in [4.78, 5) is 32.4. The number of benzene rings is 1. The highest BCUT2D eigenvalue weighted by molar-refractivity contribution is 7.18. The number of fused-ring (bicyclic) bond motifs is 3. The number of amides is 1. The van der Waals surface area contributed by atoms with Gasteiger partial charge in [-0.15, -0.1) is 11.3 Å². The Morgan fingerprint density at radius 3 is 2.89 bits per heavy atom. The lowest BCUT2D eigenvalue weighted by Crippen LogP contribution is -2.30. The zero-order chi connectivity index (χ0) is 19.1. The minimum absolute atomic E-state index is 0.0653. The van der Waals surface area contributed by atoms with Gasteiger partial charge in [0.25, 0.3) is 5.56 Å². The van der Waals surface area contributed by atoms with Crippen molar-refractivity contribution in [2.24, 2.45) is 0 Å². The Balaban J connectivity index is 1.68. The number of carbonyl (C=O) groups excluding carboxylic acids is 1. The van der Waals surface area contributed by atoms with E-state index in [9.17, 15) is 9.59 Å². The molecule has 1 aromatic carbocycles. The predicted octanol–water partition coefficient (Wildman–Crippen LogP) is 4.25. The molecular formula is C20H20ClN3O2S. The first kappa shape index (κ1) is 18.2. The molecule has 0 radical (unpaired) electrons. The molecule has 1 aliphatic carbocycles. The normalized spacial score (nSPS) is 13.6. The maximum absolute atomic E-state index is 13.1. The zero-order valence-electron chi connectivity index (χ0n) is 15.3. The Morgan fingerprint density at radius 2 is 2.07 bits per heavy atom. The SMILES string of the molecule is Cc1ccc(Cl)cc1NC(=O)Cn1c(C)nc2sc3c(c2c1=O)CCCC3. The van der Waals surface area contributed by atoms with Crippen molar-refractivity contribution in [3.05, 3.63) is 55.4 Å². The van der Waals surface area contributed by atoms with E-state index in [1.54, 1.807) is 30.4 Å². The minimum Gasteiger partial charge on any atom is -0.324 e. The summed E-state index contributed by atoms with van der Waals surface area (Å²) >= 11 is 7.64. The highest BCUT2D eigenvalue weighted by Crippen LogP contribution is 2.33. The summed E-state index contributed by atoms with van der Waals surface area (Å²) in [7, 11) is 0. The van der Waals surface area contributed by atoms with E-state index in [4.69, 9.17) is 11.6 Å². The Labute approximate surface area is 166 Å². The number of thiophene rings is 1. The van der Waals surface area contributed by atoms with Crippen molar-refractivity contribution in [3.8, 4) is 0 Å². The second-order valence-electron chi connectivity index (χ2n) is 6.95. The van der Waals surface area contributed by atoms with Crippen LogP contribution < -0.4 is 10.9 Å². The summed E-state index contributed by atoms with van der Waals surface area (Å²) in [6, 6.07) is 5.33. The van der Waals surface area contributed by atoms with E-state index in [1.807, 2.05) is 13.0 Å². The molecule has 2 aromatic heterocycles. The van der Waals surface area contributed by atoms with Crippen molar-refractivity contribution >= 4 is 44.7 Å². The molecule has 0 aliphatic heterocycles. The van der Waals surface area contributed by atoms with Crippen molar-refractivity contribution < 1.29 is 4.79 Å². The maximum Gasteiger partial charge on any atom is 0.263 e. The van der Waals surface area contributed by atoms with Crippen LogP contribution >= 0.6 is 22.9 Å². The molecule has 0 saturated carbocycles. The summed E-state index contributed by atoms with van der Waals surface area (Å²) < 4.78 is 1.47. The van der Waals surface area contributed by atoms with Crippen molar-refractivity contribution in [3.63, 3.8) is 0 Å². The molecule has 140 valence electrons. The molecule has 27 heavy (non-hydrogen) atoms. The summed E-state index contributed by atoms with van der Waals surface area (Å²) in [5.74, 6) is 0.292. The lowest BCUT2D eigenvalue weighted by molar-refractivity contribution is -0.116. The number of halogens is 1. The molecule has 3 aromatic rings. The van der Waals surface area contributed by atoms with Gasteiger partial charge in [-0.2, -0.15) is 0 Å². The van der Waals surface area contributed by atoms with Gasteiger partial charge in [-0.25, -0.2) is 4.98 Å². The number of nitrogens with zero attached hydrogens (tertiary/aromatic N) is 2. The Morgan fingerprint density at radius 1 is 1.30 bits per heavy atom. The smallest absolute Gasteiger partial charge is 0.263 e. The van der Waals surface area contributed by atoms with Gasteiger partial charge in [-0.05, 0) is 62.8 Å². The van der Waals surface area contributed by atoms with E-state index in [-0.39, 0.29) is 18.0 Å². The van der Waals surface area contributed by atoms with Crippen LogP contribution in [0.3, 0.4) is 0 Å². The number of carbonyl (C=O) groups is 1. The number of hydrogen-bond donors (Lipinski definition) is 1.